The second-order valence-electron chi connectivity index (χ2n) is 6.62. The third-order valence-corrected chi connectivity index (χ3v) is 5.69. The highest BCUT2D eigenvalue weighted by Crippen LogP contribution is 2.50. The summed E-state index contributed by atoms with van der Waals surface area (Å²) in [5.41, 5.74) is 1.42. The highest BCUT2D eigenvalue weighted by atomic mass is 16.5. The van der Waals surface area contributed by atoms with Crippen LogP contribution in [0.3, 0.4) is 0 Å². The van der Waals surface area contributed by atoms with E-state index in [9.17, 15) is 4.79 Å². The molecule has 2 aliphatic rings. The molecule has 0 spiro atoms. The topological polar surface area (TPSA) is 51.1 Å². The molecule has 0 amide bonds. The molecule has 3 rings (SSSR count). The number of ether oxygens (including phenoxy) is 2. The summed E-state index contributed by atoms with van der Waals surface area (Å²) < 4.78 is 10.9. The van der Waals surface area contributed by atoms with Gasteiger partial charge < -0.3 is 14.4 Å². The summed E-state index contributed by atoms with van der Waals surface area (Å²) in [5.74, 6) is 1.54. The summed E-state index contributed by atoms with van der Waals surface area (Å²) in [4.78, 5) is 17.0. The highest BCUT2D eigenvalue weighted by Gasteiger charge is 2.50. The number of nitrogens with zero attached hydrogens (tertiary/aromatic N) is 2. The number of fused-ring (bicyclic) bond motifs is 1. The number of aliphatic imine (C=N–C) groups is 1. The van der Waals surface area contributed by atoms with Gasteiger partial charge in [-0.05, 0) is 57.0 Å². The quantitative estimate of drug-likeness (QED) is 0.633. The van der Waals surface area contributed by atoms with Crippen LogP contribution >= 0.6 is 0 Å². The Hall–Kier alpha value is -1.84. The molecule has 1 saturated carbocycles. The molecule has 0 aromatic heterocycles. The Morgan fingerprint density at radius 1 is 1.26 bits per heavy atom. The molecule has 0 bridgehead atoms. The molecule has 3 atom stereocenters. The van der Waals surface area contributed by atoms with E-state index in [0.29, 0.717) is 6.04 Å². The molecule has 23 heavy (non-hydrogen) atoms. The number of likely N-dealkylation sites (N-methyl/N-ethyl adjacent to an activating group) is 1. The average molecular weight is 316 g/mol. The van der Waals surface area contributed by atoms with Crippen LogP contribution in [0.25, 0.3) is 0 Å². The summed E-state index contributed by atoms with van der Waals surface area (Å²) in [5, 5.41) is 0. The van der Waals surface area contributed by atoms with Gasteiger partial charge in [0.2, 0.25) is 6.08 Å². The van der Waals surface area contributed by atoms with Gasteiger partial charge in [-0.1, -0.05) is 6.07 Å². The zero-order valence-electron chi connectivity index (χ0n) is 14.0. The van der Waals surface area contributed by atoms with Crippen LogP contribution in [0.5, 0.6) is 11.5 Å². The predicted octanol–water partition coefficient (Wildman–Crippen LogP) is 2.53. The Balaban J connectivity index is 1.98. The maximum atomic E-state index is 10.6. The number of benzene rings is 1. The van der Waals surface area contributed by atoms with Crippen molar-refractivity contribution in [2.75, 3.05) is 27.8 Å². The molecule has 0 N–H and O–H groups in total. The molecular formula is C18H24N2O3. The van der Waals surface area contributed by atoms with Crippen LogP contribution in [-0.2, 0) is 10.2 Å². The third-order valence-electron chi connectivity index (χ3n) is 5.69. The second-order valence-corrected chi connectivity index (χ2v) is 6.62. The van der Waals surface area contributed by atoms with Gasteiger partial charge in [-0.2, -0.15) is 0 Å². The Morgan fingerprint density at radius 3 is 2.74 bits per heavy atom. The van der Waals surface area contributed by atoms with Crippen molar-refractivity contribution >= 4 is 6.08 Å². The zero-order chi connectivity index (χ0) is 16.4. The van der Waals surface area contributed by atoms with Crippen molar-refractivity contribution in [1.29, 1.82) is 0 Å². The first kappa shape index (κ1) is 16.0. The number of rotatable bonds is 4. The fourth-order valence-corrected chi connectivity index (χ4v) is 4.44. The number of hydrogen-bond donors (Lipinski definition) is 0. The van der Waals surface area contributed by atoms with Crippen LogP contribution in [0.1, 0.15) is 31.2 Å². The normalized spacial score (nSPS) is 30.4. The molecule has 1 aliphatic carbocycles. The largest absolute Gasteiger partial charge is 0.493 e. The fraction of sp³-hybridized carbons (Fsp3) is 0.611. The van der Waals surface area contributed by atoms with Gasteiger partial charge in [0.25, 0.3) is 0 Å². The first-order valence-electron chi connectivity index (χ1n) is 8.14. The molecule has 5 heteroatoms. The van der Waals surface area contributed by atoms with E-state index in [1.54, 1.807) is 20.3 Å². The van der Waals surface area contributed by atoms with Crippen LogP contribution < -0.4 is 9.47 Å². The molecule has 0 radical (unpaired) electrons. The van der Waals surface area contributed by atoms with Crippen molar-refractivity contribution < 1.29 is 14.3 Å². The first-order chi connectivity index (χ1) is 11.1. The van der Waals surface area contributed by atoms with Gasteiger partial charge in [0, 0.05) is 11.5 Å². The van der Waals surface area contributed by atoms with Gasteiger partial charge >= 0.3 is 0 Å². The average Bonchev–Trinajstić information content (AvgIpc) is 2.92. The molecule has 1 aliphatic heterocycles. The van der Waals surface area contributed by atoms with E-state index >= 15 is 0 Å². The second kappa shape index (κ2) is 6.34. The summed E-state index contributed by atoms with van der Waals surface area (Å²) in [7, 11) is 5.50. The fourth-order valence-electron chi connectivity index (χ4n) is 4.44. The van der Waals surface area contributed by atoms with Crippen molar-refractivity contribution in [2.24, 2.45) is 4.99 Å². The van der Waals surface area contributed by atoms with E-state index in [0.717, 1.165) is 43.7 Å². The van der Waals surface area contributed by atoms with Gasteiger partial charge in [-0.25, -0.2) is 9.79 Å². The summed E-state index contributed by atoms with van der Waals surface area (Å²) >= 11 is 0. The van der Waals surface area contributed by atoms with E-state index in [2.05, 4.69) is 29.1 Å². The van der Waals surface area contributed by atoms with Gasteiger partial charge in [0.05, 0.1) is 20.3 Å². The monoisotopic (exact) mass is 316 g/mol. The van der Waals surface area contributed by atoms with Crippen molar-refractivity contribution in [3.8, 4) is 11.5 Å². The lowest BCUT2D eigenvalue weighted by Crippen LogP contribution is -2.47. The van der Waals surface area contributed by atoms with E-state index in [1.807, 2.05) is 6.07 Å². The molecule has 1 aromatic carbocycles. The minimum atomic E-state index is 0.103. The van der Waals surface area contributed by atoms with Crippen LogP contribution in [0.4, 0.5) is 0 Å². The van der Waals surface area contributed by atoms with Crippen molar-refractivity contribution in [3.63, 3.8) is 0 Å². The molecule has 0 unspecified atom stereocenters. The first-order valence-corrected chi connectivity index (χ1v) is 8.14. The van der Waals surface area contributed by atoms with Crippen molar-refractivity contribution in [3.05, 3.63) is 23.8 Å². The minimum absolute atomic E-state index is 0.103. The molecule has 5 nitrogen and oxygen atoms in total. The minimum Gasteiger partial charge on any atom is -0.493 e. The molecule has 2 fully saturated rings. The van der Waals surface area contributed by atoms with Crippen LogP contribution in [0, 0.1) is 0 Å². The van der Waals surface area contributed by atoms with Gasteiger partial charge in [-0.3, -0.25) is 0 Å². The summed E-state index contributed by atoms with van der Waals surface area (Å²) in [6.07, 6.45) is 5.75. The smallest absolute Gasteiger partial charge is 0.235 e. The molecule has 1 saturated heterocycles. The number of carbonyl (C=O) groups excluding carboxylic acids is 1. The number of isocyanates is 1. The number of likely N-dealkylation sites (tertiary alicyclic amines) is 1. The SMILES string of the molecule is COc1ccc([C@@]23CC[C@@H](N=C=O)C[C@@H]2N(C)CC3)cc1OC. The molecule has 1 aromatic rings. The Morgan fingerprint density at radius 2 is 2.04 bits per heavy atom. The van der Waals surface area contributed by atoms with Gasteiger partial charge in [-0.15, -0.1) is 0 Å². The lowest BCUT2D eigenvalue weighted by Gasteiger charge is -2.43. The molecule has 124 valence electrons. The molecule has 1 heterocycles. The summed E-state index contributed by atoms with van der Waals surface area (Å²) in [6, 6.07) is 6.78. The lowest BCUT2D eigenvalue weighted by molar-refractivity contribution is 0.168. The predicted molar refractivity (Wildman–Crippen MR) is 88.0 cm³/mol. The maximum absolute atomic E-state index is 10.6. The standard InChI is InChI=1S/C18H24N2O3/c1-20-9-8-18(7-6-14(19-12-21)11-17(18)20)13-4-5-15(22-2)16(10-13)23-3/h4-5,10,14,17H,6-9,11H2,1-3H3/t14-,17+,18+/m1/s1. The maximum Gasteiger partial charge on any atom is 0.235 e. The van der Waals surface area contributed by atoms with Crippen molar-refractivity contribution in [2.45, 2.75) is 43.2 Å². The van der Waals surface area contributed by atoms with Gasteiger partial charge in [0.1, 0.15) is 0 Å². The van der Waals surface area contributed by atoms with Crippen LogP contribution in [-0.4, -0.2) is 50.9 Å². The van der Waals surface area contributed by atoms with Gasteiger partial charge in [0.15, 0.2) is 11.5 Å². The molecular weight excluding hydrogens is 292 g/mol. The summed E-state index contributed by atoms with van der Waals surface area (Å²) in [6.45, 7) is 1.07. The lowest BCUT2D eigenvalue weighted by atomic mass is 9.65. The van der Waals surface area contributed by atoms with E-state index in [1.165, 1.54) is 5.56 Å². The van der Waals surface area contributed by atoms with Crippen LogP contribution in [0.2, 0.25) is 0 Å². The van der Waals surface area contributed by atoms with Crippen LogP contribution in [0.15, 0.2) is 23.2 Å². The Bertz CT molecular complexity index is 627. The zero-order valence-corrected chi connectivity index (χ0v) is 14.0. The Kier molecular flexibility index (Phi) is 4.42. The van der Waals surface area contributed by atoms with Crippen molar-refractivity contribution in [1.82, 2.24) is 4.90 Å². The highest BCUT2D eigenvalue weighted by molar-refractivity contribution is 5.46. The van der Waals surface area contributed by atoms with E-state index in [4.69, 9.17) is 9.47 Å². The number of methoxy groups -OCH3 is 2. The third kappa shape index (κ3) is 2.64. The number of hydrogen-bond acceptors (Lipinski definition) is 5. The van der Waals surface area contributed by atoms with E-state index < -0.39 is 0 Å². The Labute approximate surface area is 137 Å². The van der Waals surface area contributed by atoms with E-state index in [-0.39, 0.29) is 11.5 Å².